The van der Waals surface area contributed by atoms with Crippen LogP contribution in [0.1, 0.15) is 10.4 Å². The smallest absolute Gasteiger partial charge is 0.323 e. The summed E-state index contributed by atoms with van der Waals surface area (Å²) >= 11 is 0. The number of hydrogen-bond acceptors (Lipinski definition) is 3. The summed E-state index contributed by atoms with van der Waals surface area (Å²) in [5.41, 5.74) is 0.0326. The first-order valence-electron chi connectivity index (χ1n) is 6.20. The molecule has 5 nitrogen and oxygen atoms in total. The first-order valence-corrected chi connectivity index (χ1v) is 6.20. The van der Waals surface area contributed by atoms with Crippen LogP contribution in [0.5, 0.6) is 5.75 Å². The zero-order valence-electron chi connectivity index (χ0n) is 11.1. The summed E-state index contributed by atoms with van der Waals surface area (Å²) in [6.07, 6.45) is 5.15. The quantitative estimate of drug-likeness (QED) is 0.837. The van der Waals surface area contributed by atoms with Crippen LogP contribution in [-0.2, 0) is 4.79 Å². The molecule has 0 radical (unpaired) electrons. The number of amides is 1. The fourth-order valence-electron chi connectivity index (χ4n) is 2.07. The molecule has 0 aliphatic rings. The molecule has 1 amide bonds. The van der Waals surface area contributed by atoms with E-state index in [0.717, 1.165) is 10.3 Å². The molecule has 0 aliphatic heterocycles. The number of rotatable bonds is 4. The van der Waals surface area contributed by atoms with Crippen molar-refractivity contribution in [3.63, 3.8) is 0 Å². The van der Waals surface area contributed by atoms with E-state index in [2.05, 4.69) is 5.92 Å². The Morgan fingerprint density at radius 3 is 2.57 bits per heavy atom. The lowest BCUT2D eigenvalue weighted by Crippen LogP contribution is -2.36. The van der Waals surface area contributed by atoms with Crippen LogP contribution in [0.4, 0.5) is 0 Å². The van der Waals surface area contributed by atoms with Gasteiger partial charge >= 0.3 is 5.97 Å². The Morgan fingerprint density at radius 2 is 1.90 bits per heavy atom. The molecule has 0 unspecified atom stereocenters. The molecule has 21 heavy (non-hydrogen) atoms. The number of nitrogens with zero attached hydrogens (tertiary/aromatic N) is 1. The van der Waals surface area contributed by atoms with Gasteiger partial charge in [0.05, 0.1) is 12.1 Å². The minimum atomic E-state index is -1.17. The predicted molar refractivity (Wildman–Crippen MR) is 78.0 cm³/mol. The van der Waals surface area contributed by atoms with Crippen LogP contribution >= 0.6 is 0 Å². The zero-order chi connectivity index (χ0) is 15.4. The van der Waals surface area contributed by atoms with Crippen LogP contribution < -0.4 is 0 Å². The summed E-state index contributed by atoms with van der Waals surface area (Å²) in [6, 6.07) is 10.2. The minimum Gasteiger partial charge on any atom is -0.506 e. The van der Waals surface area contributed by atoms with Crippen LogP contribution in [0, 0.1) is 12.3 Å². The van der Waals surface area contributed by atoms with Gasteiger partial charge in [-0.15, -0.1) is 6.42 Å². The highest BCUT2D eigenvalue weighted by Crippen LogP contribution is 2.29. The Kier molecular flexibility index (Phi) is 4.10. The molecule has 0 aromatic heterocycles. The molecule has 0 bridgehead atoms. The molecule has 0 atom stereocenters. The van der Waals surface area contributed by atoms with Crippen LogP contribution in [0.25, 0.3) is 10.8 Å². The number of carboxylic acids is 1. The summed E-state index contributed by atoms with van der Waals surface area (Å²) in [7, 11) is 0. The SMILES string of the molecule is C#CCN(CC(=O)O)C(=O)c1ccc2ccccc2c1O. The van der Waals surface area contributed by atoms with Crippen molar-refractivity contribution in [2.45, 2.75) is 0 Å². The van der Waals surface area contributed by atoms with Crippen molar-refractivity contribution in [2.24, 2.45) is 0 Å². The molecule has 0 saturated heterocycles. The number of aliphatic carboxylic acids is 1. The standard InChI is InChI=1S/C16H13NO4/c1-2-9-17(10-14(18)19)16(21)13-8-7-11-5-3-4-6-12(11)15(13)20/h1,3-8,20H,9-10H2,(H,18,19). The number of benzene rings is 2. The maximum absolute atomic E-state index is 12.3. The van der Waals surface area contributed by atoms with Gasteiger partial charge in [-0.25, -0.2) is 0 Å². The lowest BCUT2D eigenvalue weighted by Gasteiger charge is -2.19. The second-order valence-corrected chi connectivity index (χ2v) is 4.44. The van der Waals surface area contributed by atoms with Crippen molar-refractivity contribution >= 4 is 22.6 Å². The predicted octanol–water partition coefficient (Wildman–Crippen LogP) is 1.71. The highest BCUT2D eigenvalue weighted by molar-refractivity contribution is 6.04. The third-order valence-corrected chi connectivity index (χ3v) is 3.03. The summed E-state index contributed by atoms with van der Waals surface area (Å²) in [4.78, 5) is 24.1. The zero-order valence-corrected chi connectivity index (χ0v) is 11.1. The molecule has 2 rings (SSSR count). The van der Waals surface area contributed by atoms with Crippen LogP contribution in [0.3, 0.4) is 0 Å². The number of carbonyl (C=O) groups excluding carboxylic acids is 1. The van der Waals surface area contributed by atoms with Gasteiger partial charge in [0.2, 0.25) is 0 Å². The number of carbonyl (C=O) groups is 2. The number of hydrogen-bond donors (Lipinski definition) is 2. The first kappa shape index (κ1) is 14.4. The van der Waals surface area contributed by atoms with Crippen molar-refractivity contribution in [2.75, 3.05) is 13.1 Å². The molecule has 0 heterocycles. The van der Waals surface area contributed by atoms with Gasteiger partial charge in [0.25, 0.3) is 5.91 Å². The molecule has 2 N–H and O–H groups in total. The van der Waals surface area contributed by atoms with Gasteiger partial charge in [-0.05, 0) is 11.5 Å². The van der Waals surface area contributed by atoms with Gasteiger partial charge < -0.3 is 15.1 Å². The number of carboxylic acid groups (broad SMARTS) is 1. The lowest BCUT2D eigenvalue weighted by molar-refractivity contribution is -0.137. The largest absolute Gasteiger partial charge is 0.506 e. The number of fused-ring (bicyclic) bond motifs is 1. The summed E-state index contributed by atoms with van der Waals surface area (Å²) in [6.45, 7) is -0.660. The summed E-state index contributed by atoms with van der Waals surface area (Å²) in [5.74, 6) is 0.285. The number of aromatic hydroxyl groups is 1. The van der Waals surface area contributed by atoms with Crippen molar-refractivity contribution in [1.82, 2.24) is 4.90 Å². The third kappa shape index (κ3) is 2.95. The number of terminal acetylenes is 1. The average Bonchev–Trinajstić information content (AvgIpc) is 2.46. The highest BCUT2D eigenvalue weighted by atomic mass is 16.4. The van der Waals surface area contributed by atoms with Crippen LogP contribution in [0.2, 0.25) is 0 Å². The maximum atomic E-state index is 12.3. The Hall–Kier alpha value is -3.00. The molecule has 0 fully saturated rings. The van der Waals surface area contributed by atoms with E-state index in [-0.39, 0.29) is 17.9 Å². The first-order chi connectivity index (χ1) is 10.0. The summed E-state index contributed by atoms with van der Waals surface area (Å²) in [5, 5.41) is 20.4. The Balaban J connectivity index is 2.44. The molecule has 106 valence electrons. The Morgan fingerprint density at radius 1 is 1.19 bits per heavy atom. The van der Waals surface area contributed by atoms with Crippen LogP contribution in [-0.4, -0.2) is 40.1 Å². The summed E-state index contributed by atoms with van der Waals surface area (Å²) < 4.78 is 0. The average molecular weight is 283 g/mol. The van der Waals surface area contributed by atoms with Crippen molar-refractivity contribution in [3.8, 4) is 18.1 Å². The molecule has 2 aromatic rings. The molecule has 2 aromatic carbocycles. The van der Waals surface area contributed by atoms with E-state index < -0.39 is 18.4 Å². The molecule has 0 aliphatic carbocycles. The third-order valence-electron chi connectivity index (χ3n) is 3.03. The van der Waals surface area contributed by atoms with Gasteiger partial charge in [-0.1, -0.05) is 36.3 Å². The van der Waals surface area contributed by atoms with E-state index in [0.29, 0.717) is 5.39 Å². The van der Waals surface area contributed by atoms with E-state index >= 15 is 0 Å². The van der Waals surface area contributed by atoms with Gasteiger partial charge in [0.1, 0.15) is 12.3 Å². The Bertz CT molecular complexity index is 746. The van der Waals surface area contributed by atoms with Gasteiger partial charge in [-0.2, -0.15) is 0 Å². The van der Waals surface area contributed by atoms with Gasteiger partial charge in [0, 0.05) is 5.39 Å². The van der Waals surface area contributed by atoms with E-state index in [1.54, 1.807) is 24.3 Å². The van der Waals surface area contributed by atoms with E-state index in [1.165, 1.54) is 6.07 Å². The van der Waals surface area contributed by atoms with Gasteiger partial charge in [0.15, 0.2) is 0 Å². The topological polar surface area (TPSA) is 77.8 Å². The molecular weight excluding hydrogens is 270 g/mol. The van der Waals surface area contributed by atoms with E-state index in [4.69, 9.17) is 11.5 Å². The van der Waals surface area contributed by atoms with E-state index in [1.807, 2.05) is 6.07 Å². The van der Waals surface area contributed by atoms with Crippen molar-refractivity contribution in [3.05, 3.63) is 42.0 Å². The molecule has 5 heteroatoms. The molecule has 0 spiro atoms. The number of phenols is 1. The normalized spacial score (nSPS) is 10.0. The maximum Gasteiger partial charge on any atom is 0.323 e. The number of phenolic OH excluding ortho intramolecular Hbond substituents is 1. The Labute approximate surface area is 121 Å². The monoisotopic (exact) mass is 283 g/mol. The molecular formula is C16H13NO4. The fraction of sp³-hybridized carbons (Fsp3) is 0.125. The molecule has 0 saturated carbocycles. The van der Waals surface area contributed by atoms with Crippen LogP contribution in [0.15, 0.2) is 36.4 Å². The van der Waals surface area contributed by atoms with E-state index in [9.17, 15) is 14.7 Å². The second kappa shape index (κ2) is 5.97. The fourth-order valence-corrected chi connectivity index (χ4v) is 2.07. The second-order valence-electron chi connectivity index (χ2n) is 4.44. The van der Waals surface area contributed by atoms with Gasteiger partial charge in [-0.3, -0.25) is 9.59 Å². The van der Waals surface area contributed by atoms with Crippen molar-refractivity contribution < 1.29 is 19.8 Å². The van der Waals surface area contributed by atoms with Crippen molar-refractivity contribution in [1.29, 1.82) is 0 Å². The lowest BCUT2D eigenvalue weighted by atomic mass is 10.0. The minimum absolute atomic E-state index is 0.0326. The highest BCUT2D eigenvalue weighted by Gasteiger charge is 2.21.